The van der Waals surface area contributed by atoms with Gasteiger partial charge in [0, 0.05) is 19.7 Å². The Morgan fingerprint density at radius 3 is 2.35 bits per heavy atom. The lowest BCUT2D eigenvalue weighted by Gasteiger charge is -2.21. The number of rotatable bonds is 8. The van der Waals surface area contributed by atoms with Crippen molar-refractivity contribution in [3.05, 3.63) is 35.4 Å². The molecule has 2 N–H and O–H groups in total. The van der Waals surface area contributed by atoms with Crippen molar-refractivity contribution in [1.82, 2.24) is 10.6 Å². The minimum atomic E-state index is -4.32. The van der Waals surface area contributed by atoms with E-state index in [0.29, 0.717) is 32.2 Å². The lowest BCUT2D eigenvalue weighted by Crippen LogP contribution is -2.37. The van der Waals surface area contributed by atoms with Crippen molar-refractivity contribution in [1.29, 1.82) is 0 Å². The Bertz CT molecular complexity index is 541. The number of benzene rings is 1. The first-order chi connectivity index (χ1) is 12.4. The van der Waals surface area contributed by atoms with Crippen LogP contribution in [0.2, 0.25) is 0 Å². The molecular formula is C19H27F3N2O2. The summed E-state index contributed by atoms with van der Waals surface area (Å²) in [7, 11) is 0. The Kier molecular flexibility index (Phi) is 8.22. The van der Waals surface area contributed by atoms with Crippen molar-refractivity contribution in [2.45, 2.75) is 57.2 Å². The highest BCUT2D eigenvalue weighted by Crippen LogP contribution is 2.29. The van der Waals surface area contributed by atoms with E-state index >= 15 is 0 Å². The standard InChI is InChI=1S/C19H27F3N2O2/c20-19(21,22)16-9-7-15(8-10-16)11-13-24-18(25)23-12-4-14-26-17-5-2-1-3-6-17/h7-10,17H,1-6,11-14H2,(H2,23,24,25). The number of ether oxygens (including phenoxy) is 1. The molecule has 0 heterocycles. The molecule has 0 bridgehead atoms. The molecule has 0 unspecified atom stereocenters. The summed E-state index contributed by atoms with van der Waals surface area (Å²) in [4.78, 5) is 11.7. The Hall–Kier alpha value is -1.76. The second kappa shape index (κ2) is 10.4. The summed E-state index contributed by atoms with van der Waals surface area (Å²) in [6.07, 6.45) is 3.36. The number of carbonyl (C=O) groups excluding carboxylic acids is 1. The quantitative estimate of drug-likeness (QED) is 0.669. The third-order valence-corrected chi connectivity index (χ3v) is 4.49. The van der Waals surface area contributed by atoms with Gasteiger partial charge in [0.15, 0.2) is 0 Å². The predicted octanol–water partition coefficient (Wildman–Crippen LogP) is 4.29. The number of carbonyl (C=O) groups is 1. The molecule has 0 aromatic heterocycles. The molecule has 1 aliphatic rings. The van der Waals surface area contributed by atoms with E-state index < -0.39 is 11.7 Å². The highest BCUT2D eigenvalue weighted by molar-refractivity contribution is 5.73. The van der Waals surface area contributed by atoms with Gasteiger partial charge in [-0.2, -0.15) is 13.2 Å². The smallest absolute Gasteiger partial charge is 0.378 e. The molecule has 1 fully saturated rings. The molecule has 1 aliphatic carbocycles. The van der Waals surface area contributed by atoms with E-state index in [2.05, 4.69) is 10.6 Å². The average Bonchev–Trinajstić information content (AvgIpc) is 2.62. The molecule has 7 heteroatoms. The third-order valence-electron chi connectivity index (χ3n) is 4.49. The van der Waals surface area contributed by atoms with Crippen LogP contribution >= 0.6 is 0 Å². The fraction of sp³-hybridized carbons (Fsp3) is 0.632. The molecule has 1 saturated carbocycles. The van der Waals surface area contributed by atoms with Gasteiger partial charge in [-0.15, -0.1) is 0 Å². The van der Waals surface area contributed by atoms with Gasteiger partial charge in [0.05, 0.1) is 11.7 Å². The Morgan fingerprint density at radius 2 is 1.69 bits per heavy atom. The fourth-order valence-electron chi connectivity index (χ4n) is 3.00. The van der Waals surface area contributed by atoms with Crippen molar-refractivity contribution in [3.63, 3.8) is 0 Å². The van der Waals surface area contributed by atoms with E-state index in [4.69, 9.17) is 4.74 Å². The van der Waals surface area contributed by atoms with Gasteiger partial charge < -0.3 is 15.4 Å². The van der Waals surface area contributed by atoms with Gasteiger partial charge in [-0.3, -0.25) is 0 Å². The van der Waals surface area contributed by atoms with E-state index in [-0.39, 0.29) is 6.03 Å². The highest BCUT2D eigenvalue weighted by atomic mass is 19.4. The van der Waals surface area contributed by atoms with Crippen LogP contribution in [0.1, 0.15) is 49.7 Å². The Balaban J connectivity index is 1.52. The van der Waals surface area contributed by atoms with E-state index in [1.807, 2.05) is 0 Å². The maximum Gasteiger partial charge on any atom is 0.416 e. The molecule has 1 aromatic rings. The lowest BCUT2D eigenvalue weighted by atomic mass is 9.98. The summed E-state index contributed by atoms with van der Waals surface area (Å²) in [5, 5.41) is 5.46. The first-order valence-corrected chi connectivity index (χ1v) is 9.24. The van der Waals surface area contributed by atoms with E-state index in [9.17, 15) is 18.0 Å². The molecule has 2 rings (SSSR count). The van der Waals surface area contributed by atoms with Crippen LogP contribution < -0.4 is 10.6 Å². The van der Waals surface area contributed by atoms with Crippen molar-refractivity contribution >= 4 is 6.03 Å². The second-order valence-electron chi connectivity index (χ2n) is 6.61. The first kappa shape index (κ1) is 20.6. The molecule has 26 heavy (non-hydrogen) atoms. The van der Waals surface area contributed by atoms with Crippen molar-refractivity contribution in [3.8, 4) is 0 Å². The second-order valence-corrected chi connectivity index (χ2v) is 6.61. The normalized spacial score (nSPS) is 15.7. The van der Waals surface area contributed by atoms with Crippen molar-refractivity contribution in [2.75, 3.05) is 19.7 Å². The number of halogens is 3. The summed E-state index contributed by atoms with van der Waals surface area (Å²) in [5.41, 5.74) is 0.0848. The molecule has 0 atom stereocenters. The number of amides is 2. The molecule has 1 aromatic carbocycles. The van der Waals surface area contributed by atoms with Gasteiger partial charge in [-0.1, -0.05) is 31.4 Å². The summed E-state index contributed by atoms with van der Waals surface area (Å²) < 4.78 is 43.2. The topological polar surface area (TPSA) is 50.4 Å². The van der Waals surface area contributed by atoms with Gasteiger partial charge in [-0.25, -0.2) is 4.79 Å². The first-order valence-electron chi connectivity index (χ1n) is 9.24. The van der Waals surface area contributed by atoms with Gasteiger partial charge in [-0.05, 0) is 43.4 Å². The molecule has 0 spiro atoms. The number of urea groups is 1. The number of alkyl halides is 3. The number of nitrogens with one attached hydrogen (secondary N) is 2. The fourth-order valence-corrected chi connectivity index (χ4v) is 3.00. The SMILES string of the molecule is O=C(NCCCOC1CCCCC1)NCCc1ccc(C(F)(F)F)cc1. The molecule has 2 amide bonds. The van der Waals surface area contributed by atoms with Crippen LogP contribution in [0.15, 0.2) is 24.3 Å². The van der Waals surface area contributed by atoms with Crippen LogP contribution in [-0.2, 0) is 17.3 Å². The average molecular weight is 372 g/mol. The van der Waals surface area contributed by atoms with Gasteiger partial charge in [0.2, 0.25) is 0 Å². The summed E-state index contributed by atoms with van der Waals surface area (Å²) >= 11 is 0. The predicted molar refractivity (Wildman–Crippen MR) is 94.0 cm³/mol. The van der Waals surface area contributed by atoms with Crippen molar-refractivity contribution in [2.24, 2.45) is 0 Å². The molecule has 4 nitrogen and oxygen atoms in total. The minimum Gasteiger partial charge on any atom is -0.378 e. The van der Waals surface area contributed by atoms with Crippen LogP contribution in [0.3, 0.4) is 0 Å². The monoisotopic (exact) mass is 372 g/mol. The summed E-state index contributed by atoms with van der Waals surface area (Å²) in [6, 6.07) is 4.72. The van der Waals surface area contributed by atoms with Crippen LogP contribution in [0.25, 0.3) is 0 Å². The van der Waals surface area contributed by atoms with E-state index in [0.717, 1.165) is 37.0 Å². The van der Waals surface area contributed by atoms with Crippen LogP contribution in [0.5, 0.6) is 0 Å². The van der Waals surface area contributed by atoms with Gasteiger partial charge in [0.25, 0.3) is 0 Å². The van der Waals surface area contributed by atoms with Crippen LogP contribution in [0, 0.1) is 0 Å². The van der Waals surface area contributed by atoms with Crippen LogP contribution in [-0.4, -0.2) is 31.8 Å². The van der Waals surface area contributed by atoms with Gasteiger partial charge in [0.1, 0.15) is 0 Å². The van der Waals surface area contributed by atoms with E-state index in [1.54, 1.807) is 0 Å². The highest BCUT2D eigenvalue weighted by Gasteiger charge is 2.29. The zero-order valence-corrected chi connectivity index (χ0v) is 14.9. The number of hydrogen-bond acceptors (Lipinski definition) is 2. The Morgan fingerprint density at radius 1 is 1.04 bits per heavy atom. The summed E-state index contributed by atoms with van der Waals surface area (Å²) in [6.45, 7) is 1.56. The van der Waals surface area contributed by atoms with E-state index in [1.165, 1.54) is 31.4 Å². The lowest BCUT2D eigenvalue weighted by molar-refractivity contribution is -0.137. The zero-order valence-electron chi connectivity index (χ0n) is 14.9. The third kappa shape index (κ3) is 7.64. The largest absolute Gasteiger partial charge is 0.416 e. The molecule has 146 valence electrons. The molecule has 0 saturated heterocycles. The molecule has 0 aliphatic heterocycles. The summed E-state index contributed by atoms with van der Waals surface area (Å²) in [5.74, 6) is 0. The Labute approximate surface area is 152 Å². The number of hydrogen-bond donors (Lipinski definition) is 2. The van der Waals surface area contributed by atoms with Crippen molar-refractivity contribution < 1.29 is 22.7 Å². The maximum atomic E-state index is 12.5. The molecular weight excluding hydrogens is 345 g/mol. The maximum absolute atomic E-state index is 12.5. The van der Waals surface area contributed by atoms with Gasteiger partial charge >= 0.3 is 12.2 Å². The molecule has 0 radical (unpaired) electrons. The van der Waals surface area contributed by atoms with Crippen LogP contribution in [0.4, 0.5) is 18.0 Å². The zero-order chi connectivity index (χ0) is 18.8. The minimum absolute atomic E-state index is 0.269.